The third-order valence-electron chi connectivity index (χ3n) is 0. The van der Waals surface area contributed by atoms with Crippen LogP contribution in [0, 0.1) is 46.0 Å². The fourth-order valence-electron chi connectivity index (χ4n) is 0. The summed E-state index contributed by atoms with van der Waals surface area (Å²) < 4.78 is 0. The quantitative estimate of drug-likeness (QED) is 0.221. The first-order chi connectivity index (χ1) is 5.20. The molecule has 0 atom stereocenters. The molecule has 0 aromatic carbocycles. The molecular weight excluding hydrogens is 478 g/mol. The Balaban J connectivity index is -0.00000000199. The second-order valence-electron chi connectivity index (χ2n) is 0.671. The van der Waals surface area contributed by atoms with Gasteiger partial charge in [0.25, 0.3) is 0 Å². The van der Waals surface area contributed by atoms with Gasteiger partial charge in [-0.1, -0.05) is 0 Å². The van der Waals surface area contributed by atoms with Crippen molar-refractivity contribution in [3.63, 3.8) is 0 Å². The number of hydrogen-bond acceptors (Lipinski definition) is 9. The van der Waals surface area contributed by atoms with Crippen molar-refractivity contribution < 1.29 is 115 Å². The van der Waals surface area contributed by atoms with E-state index in [1.165, 1.54) is 0 Å². The normalized spacial score (nSPS) is 2.57. The van der Waals surface area contributed by atoms with E-state index in [4.69, 9.17) is 46.0 Å². The van der Waals surface area contributed by atoms with Gasteiger partial charge in [0, 0.05) is 0 Å². The van der Waals surface area contributed by atoms with Gasteiger partial charge in [0.1, 0.15) is 0 Å². The Morgan fingerprint density at radius 3 is 0.286 bits per heavy atom. The first kappa shape index (κ1) is 360. The minimum absolute atomic E-state index is 0. The van der Waals surface area contributed by atoms with Gasteiger partial charge in [-0.15, -0.1) is 0 Å². The number of hydrogen-bond donors (Lipinski definition) is 0. The van der Waals surface area contributed by atoms with Crippen molar-refractivity contribution in [2.75, 3.05) is 0 Å². The fraction of sp³-hybridized carbons (Fsp3) is 0. The molecule has 0 heterocycles. The smallest absolute Gasteiger partial charge is 0.412 e. The molecule has 0 unspecified atom stereocenters. The molecule has 0 aromatic heterocycles. The van der Waals surface area contributed by atoms with Crippen molar-refractivity contribution in [2.24, 2.45) is 0 Å². The van der Waals surface area contributed by atoms with E-state index < -0.39 is 15.3 Å². The Morgan fingerprint density at radius 2 is 0.286 bits per heavy atom. The summed E-state index contributed by atoms with van der Waals surface area (Å²) >= 11 is 0. The van der Waals surface area contributed by atoms with Crippen molar-refractivity contribution in [3.05, 3.63) is 46.0 Å². The Morgan fingerprint density at radius 1 is 0.286 bits per heavy atom. The van der Waals surface area contributed by atoms with Gasteiger partial charge in [-0.25, -0.2) is 0 Å². The van der Waals surface area contributed by atoms with Crippen LogP contribution >= 0.6 is 0 Å². The summed E-state index contributed by atoms with van der Waals surface area (Å²) in [5.74, 6) is 0. The third-order valence-corrected chi connectivity index (χ3v) is 0. The zero-order valence-corrected chi connectivity index (χ0v) is 14.2. The molecule has 0 aromatic rings. The Bertz CT molecular complexity index is 117. The Labute approximate surface area is 162 Å². The van der Waals surface area contributed by atoms with Crippen LogP contribution in [0.3, 0.4) is 0 Å². The van der Waals surface area contributed by atoms with E-state index in [0.717, 1.165) is 0 Å². The predicted molar refractivity (Wildman–Crippen MR) is 85.3 cm³/mol. The maximum atomic E-state index is 8.25. The molecule has 28 heteroatoms. The topological polar surface area (TPSA) is 671 Å². The van der Waals surface area contributed by atoms with E-state index in [2.05, 4.69) is 0 Å². The zero-order chi connectivity index (χ0) is 10.7. The van der Waals surface area contributed by atoms with Crippen LogP contribution in [0.4, 0.5) is 0 Å². The van der Waals surface area contributed by atoms with Gasteiger partial charge < -0.3 is 128 Å². The van der Waals surface area contributed by atoms with Crippen LogP contribution in [0.1, 0.15) is 0 Å². The molecule has 0 fully saturated rings. The minimum Gasteiger partial charge on any atom is -0.412 e. The van der Waals surface area contributed by atoms with Gasteiger partial charge in [-0.3, -0.25) is 0 Å². The van der Waals surface area contributed by atoms with Crippen LogP contribution in [0.15, 0.2) is 0 Å². The van der Waals surface area contributed by atoms with Gasteiger partial charge in [0.2, 0.25) is 0 Å². The van der Waals surface area contributed by atoms with Crippen molar-refractivity contribution in [1.29, 1.82) is 0 Å². The Hall–Kier alpha value is -2.47. The molecule has 0 saturated carbocycles. The molecule has 27 nitrogen and oxygen atoms in total. The molecule has 0 aliphatic carbocycles. The maximum Gasteiger partial charge on any atom is 3.00 e. The summed E-state index contributed by atoms with van der Waals surface area (Å²) in [6, 6.07) is 0. The second-order valence-corrected chi connectivity index (χ2v) is 0.671. The Kier molecular flexibility index (Phi) is 4090. The van der Waals surface area contributed by atoms with Gasteiger partial charge >= 0.3 is 17.4 Å². The summed E-state index contributed by atoms with van der Waals surface area (Å²) in [6.07, 6.45) is 0. The predicted octanol–water partition coefficient (Wildman–Crippen LogP) is -13.1. The van der Waals surface area contributed by atoms with Gasteiger partial charge in [0.05, 0.1) is 15.3 Å². The van der Waals surface area contributed by atoms with Crippen LogP contribution in [-0.2, 0) is 17.4 Å². The monoisotopic (exact) mass is 508 g/mol. The summed E-state index contributed by atoms with van der Waals surface area (Å²) in [7, 11) is 0. The molecule has 1 radical (unpaired) electrons. The maximum absolute atomic E-state index is 8.25. The molecule has 0 rings (SSSR count). The molecular formula is H30CrN3O24. The standard InChI is InChI=1S/Cr.3NO3.15H2O/c;3*2-1(3)4;;;;;;;;;;;;;;;/h;;;;15*1H2/q+3;3*-1;;;;;;;;;;;;;;;. The molecule has 195 valence electrons. The van der Waals surface area contributed by atoms with Gasteiger partial charge in [0.15, 0.2) is 0 Å². The summed E-state index contributed by atoms with van der Waals surface area (Å²) in [6.45, 7) is 0. The molecule has 0 aliphatic rings. The van der Waals surface area contributed by atoms with E-state index in [9.17, 15) is 0 Å². The fourth-order valence-corrected chi connectivity index (χ4v) is 0. The molecule has 28 heavy (non-hydrogen) atoms. The number of rotatable bonds is 0. The SMILES string of the molecule is O.O.O.O.O.O.O.O.O.O.O.O.O.O.O.O=[N+]([O-])[O-].O=[N+]([O-])[O-].O=[N+]([O-])[O-].[Cr+3]. The van der Waals surface area contributed by atoms with E-state index >= 15 is 0 Å². The average molecular weight is 508 g/mol. The van der Waals surface area contributed by atoms with Crippen molar-refractivity contribution in [3.8, 4) is 0 Å². The van der Waals surface area contributed by atoms with Crippen molar-refractivity contribution in [1.82, 2.24) is 0 Å². The minimum atomic E-state index is -1.75. The van der Waals surface area contributed by atoms with Gasteiger partial charge in [-0.2, -0.15) is 0 Å². The molecule has 0 saturated heterocycles. The first-order valence-electron chi connectivity index (χ1n) is 1.64. The second kappa shape index (κ2) is 318. The molecule has 0 spiro atoms. The zero-order valence-electron chi connectivity index (χ0n) is 12.9. The van der Waals surface area contributed by atoms with E-state index in [-0.39, 0.29) is 99.5 Å². The van der Waals surface area contributed by atoms with Crippen LogP contribution in [0.25, 0.3) is 0 Å². The van der Waals surface area contributed by atoms with Crippen LogP contribution in [-0.4, -0.2) is 97.4 Å². The van der Waals surface area contributed by atoms with E-state index in [0.29, 0.717) is 0 Å². The summed E-state index contributed by atoms with van der Waals surface area (Å²) in [5.41, 5.74) is 0. The van der Waals surface area contributed by atoms with E-state index in [1.54, 1.807) is 0 Å². The van der Waals surface area contributed by atoms with Crippen molar-refractivity contribution in [2.45, 2.75) is 0 Å². The first-order valence-corrected chi connectivity index (χ1v) is 1.64. The number of nitrogens with zero attached hydrogens (tertiary/aromatic N) is 3. The van der Waals surface area contributed by atoms with Crippen LogP contribution < -0.4 is 0 Å². The van der Waals surface area contributed by atoms with E-state index in [1.807, 2.05) is 0 Å². The molecule has 0 bridgehead atoms. The van der Waals surface area contributed by atoms with Crippen LogP contribution in [0.5, 0.6) is 0 Å². The largest absolute Gasteiger partial charge is 3.00 e. The van der Waals surface area contributed by atoms with Crippen LogP contribution in [0.2, 0.25) is 0 Å². The average Bonchev–Trinajstić information content (AvgIpc) is 1.54. The third kappa shape index (κ3) is 1960. The molecule has 0 amide bonds. The van der Waals surface area contributed by atoms with Crippen molar-refractivity contribution >= 4 is 0 Å². The summed E-state index contributed by atoms with van der Waals surface area (Å²) in [5, 5.41) is 44.2. The van der Waals surface area contributed by atoms with Gasteiger partial charge in [-0.05, 0) is 0 Å². The summed E-state index contributed by atoms with van der Waals surface area (Å²) in [4.78, 5) is 24.8. The molecule has 0 aliphatic heterocycles. The molecule has 30 N–H and O–H groups in total.